The molecule has 88 valence electrons. The van der Waals surface area contributed by atoms with Crippen molar-refractivity contribution in [1.29, 1.82) is 0 Å². The minimum atomic E-state index is 1.03. The minimum Gasteiger partial charge on any atom is -0.374 e. The normalized spacial score (nSPS) is 16.6. The van der Waals surface area contributed by atoms with Crippen molar-refractivity contribution in [3.8, 4) is 0 Å². The molecule has 0 aromatic heterocycles. The van der Waals surface area contributed by atoms with Crippen molar-refractivity contribution in [3.05, 3.63) is 0 Å². The molecule has 0 spiro atoms. The Bertz CT molecular complexity index is 185. The number of hydrogen-bond acceptors (Lipinski definition) is 3. The Hall–Kier alpha value is -0.570. The monoisotopic (exact) mass is 211 g/mol. The lowest BCUT2D eigenvalue weighted by Crippen LogP contribution is -2.30. The van der Waals surface area contributed by atoms with Crippen LogP contribution in [-0.4, -0.2) is 43.5 Å². The summed E-state index contributed by atoms with van der Waals surface area (Å²) in [7, 11) is 0. The van der Waals surface area contributed by atoms with E-state index in [9.17, 15) is 0 Å². The molecule has 1 aliphatic rings. The molecule has 0 unspecified atom stereocenters. The predicted octanol–water partition coefficient (Wildman–Crippen LogP) is 1.89. The topological polar surface area (TPSA) is 27.6 Å². The minimum absolute atomic E-state index is 1.03. The number of aliphatic imine (C=N–C) groups is 1. The number of nitrogens with one attached hydrogen (secondary N) is 1. The second kappa shape index (κ2) is 7.69. The summed E-state index contributed by atoms with van der Waals surface area (Å²) in [6.45, 7) is 10.1. The van der Waals surface area contributed by atoms with Crippen molar-refractivity contribution in [1.82, 2.24) is 10.2 Å². The molecule has 0 aliphatic carbocycles. The summed E-state index contributed by atoms with van der Waals surface area (Å²) in [4.78, 5) is 6.94. The molecule has 15 heavy (non-hydrogen) atoms. The second-order valence-corrected chi connectivity index (χ2v) is 4.09. The van der Waals surface area contributed by atoms with Gasteiger partial charge in [-0.2, -0.15) is 0 Å². The average molecular weight is 211 g/mol. The van der Waals surface area contributed by atoms with Crippen LogP contribution in [0.2, 0.25) is 0 Å². The average Bonchev–Trinajstić information content (AvgIpc) is 2.31. The summed E-state index contributed by atoms with van der Waals surface area (Å²) >= 11 is 0. The molecule has 0 saturated heterocycles. The maximum atomic E-state index is 4.48. The molecular formula is C12H25N3. The Morgan fingerprint density at radius 2 is 2.07 bits per heavy atom. The molecule has 0 saturated carbocycles. The van der Waals surface area contributed by atoms with Crippen LogP contribution >= 0.6 is 0 Å². The molecule has 0 amide bonds. The van der Waals surface area contributed by atoms with Crippen LogP contribution in [-0.2, 0) is 0 Å². The van der Waals surface area contributed by atoms with Gasteiger partial charge in [-0.05, 0) is 38.9 Å². The molecule has 0 radical (unpaired) electrons. The summed E-state index contributed by atoms with van der Waals surface area (Å²) in [5.41, 5.74) is 0. The van der Waals surface area contributed by atoms with Gasteiger partial charge in [0.05, 0.1) is 5.84 Å². The molecule has 0 atom stereocenters. The molecule has 0 aromatic rings. The van der Waals surface area contributed by atoms with E-state index in [0.717, 1.165) is 32.6 Å². The standard InChI is InChI=1S/C12H25N3/c1-3-15(4-2)11-7-10-14-12-8-5-6-9-13-12/h3-11H2,1-2H3,(H,13,14). The highest BCUT2D eigenvalue weighted by Gasteiger charge is 2.04. The highest BCUT2D eigenvalue weighted by molar-refractivity contribution is 5.82. The third kappa shape index (κ3) is 5.17. The Balaban J connectivity index is 2.03. The van der Waals surface area contributed by atoms with E-state index in [1.807, 2.05) is 0 Å². The largest absolute Gasteiger partial charge is 0.374 e. The van der Waals surface area contributed by atoms with E-state index < -0.39 is 0 Å². The smallest absolute Gasteiger partial charge is 0.0963 e. The van der Waals surface area contributed by atoms with Gasteiger partial charge in [0.25, 0.3) is 0 Å². The van der Waals surface area contributed by atoms with Gasteiger partial charge < -0.3 is 10.2 Å². The molecule has 3 heteroatoms. The van der Waals surface area contributed by atoms with Gasteiger partial charge in [0, 0.05) is 19.5 Å². The lowest BCUT2D eigenvalue weighted by Gasteiger charge is -2.19. The van der Waals surface area contributed by atoms with Crippen molar-refractivity contribution in [2.24, 2.45) is 4.99 Å². The maximum Gasteiger partial charge on any atom is 0.0963 e. The lowest BCUT2D eigenvalue weighted by molar-refractivity contribution is 0.300. The summed E-state index contributed by atoms with van der Waals surface area (Å²) in [5.74, 6) is 1.24. The van der Waals surface area contributed by atoms with Crippen LogP contribution in [0.1, 0.15) is 39.5 Å². The van der Waals surface area contributed by atoms with Gasteiger partial charge in [-0.3, -0.25) is 4.99 Å². The quantitative estimate of drug-likeness (QED) is 0.679. The summed E-state index contributed by atoms with van der Waals surface area (Å²) < 4.78 is 0. The summed E-state index contributed by atoms with van der Waals surface area (Å²) in [6, 6.07) is 0. The van der Waals surface area contributed by atoms with Crippen LogP contribution < -0.4 is 5.32 Å². The van der Waals surface area contributed by atoms with Gasteiger partial charge >= 0.3 is 0 Å². The molecule has 0 fully saturated rings. The molecule has 1 N–H and O–H groups in total. The number of hydrogen-bond donors (Lipinski definition) is 1. The molecule has 0 bridgehead atoms. The summed E-state index contributed by atoms with van der Waals surface area (Å²) in [6.07, 6.45) is 4.96. The van der Waals surface area contributed by atoms with E-state index in [1.54, 1.807) is 0 Å². The first-order valence-corrected chi connectivity index (χ1v) is 6.36. The van der Waals surface area contributed by atoms with Crippen LogP contribution in [0.3, 0.4) is 0 Å². The highest BCUT2D eigenvalue weighted by atomic mass is 15.1. The number of nitrogens with zero attached hydrogens (tertiary/aromatic N) is 2. The Morgan fingerprint density at radius 1 is 1.27 bits per heavy atom. The second-order valence-electron chi connectivity index (χ2n) is 4.09. The van der Waals surface area contributed by atoms with Crippen molar-refractivity contribution >= 4 is 5.84 Å². The fraction of sp³-hybridized carbons (Fsp3) is 0.917. The third-order valence-corrected chi connectivity index (χ3v) is 3.00. The van der Waals surface area contributed by atoms with Crippen molar-refractivity contribution in [2.45, 2.75) is 39.5 Å². The van der Waals surface area contributed by atoms with Crippen molar-refractivity contribution in [3.63, 3.8) is 0 Å². The first-order chi connectivity index (χ1) is 7.36. The van der Waals surface area contributed by atoms with Gasteiger partial charge in [-0.25, -0.2) is 0 Å². The maximum absolute atomic E-state index is 4.48. The first-order valence-electron chi connectivity index (χ1n) is 6.36. The van der Waals surface area contributed by atoms with E-state index in [0.29, 0.717) is 0 Å². The van der Waals surface area contributed by atoms with Gasteiger partial charge in [0.1, 0.15) is 0 Å². The number of rotatable bonds is 6. The molecule has 1 rings (SSSR count). The van der Waals surface area contributed by atoms with Gasteiger partial charge in [0.15, 0.2) is 0 Å². The molecule has 1 aliphatic heterocycles. The zero-order chi connectivity index (χ0) is 10.9. The highest BCUT2D eigenvalue weighted by Crippen LogP contribution is 2.03. The fourth-order valence-corrected chi connectivity index (χ4v) is 1.92. The van der Waals surface area contributed by atoms with E-state index in [-0.39, 0.29) is 0 Å². The zero-order valence-corrected chi connectivity index (χ0v) is 10.3. The Morgan fingerprint density at radius 3 is 2.67 bits per heavy atom. The van der Waals surface area contributed by atoms with E-state index in [2.05, 4.69) is 29.1 Å². The van der Waals surface area contributed by atoms with Crippen molar-refractivity contribution < 1.29 is 0 Å². The van der Waals surface area contributed by atoms with Gasteiger partial charge in [0.2, 0.25) is 0 Å². The molecule has 3 nitrogen and oxygen atoms in total. The Kier molecular flexibility index (Phi) is 6.41. The zero-order valence-electron chi connectivity index (χ0n) is 10.3. The van der Waals surface area contributed by atoms with Crippen LogP contribution in [0.4, 0.5) is 0 Å². The van der Waals surface area contributed by atoms with Crippen molar-refractivity contribution in [2.75, 3.05) is 32.7 Å². The lowest BCUT2D eigenvalue weighted by atomic mass is 10.2. The number of amidine groups is 1. The summed E-state index contributed by atoms with van der Waals surface area (Å²) in [5, 5.41) is 3.45. The van der Waals surface area contributed by atoms with Crippen LogP contribution in [0.25, 0.3) is 0 Å². The van der Waals surface area contributed by atoms with E-state index >= 15 is 0 Å². The first kappa shape index (κ1) is 12.5. The fourth-order valence-electron chi connectivity index (χ4n) is 1.92. The molecule has 1 heterocycles. The van der Waals surface area contributed by atoms with Gasteiger partial charge in [-0.15, -0.1) is 0 Å². The van der Waals surface area contributed by atoms with Gasteiger partial charge in [-0.1, -0.05) is 13.8 Å². The van der Waals surface area contributed by atoms with E-state index in [1.165, 1.54) is 31.6 Å². The molecule has 0 aromatic carbocycles. The SMILES string of the molecule is CCN(CC)CCCNC1=NCCCC1. The van der Waals surface area contributed by atoms with Crippen LogP contribution in [0.15, 0.2) is 4.99 Å². The predicted molar refractivity (Wildman–Crippen MR) is 66.6 cm³/mol. The van der Waals surface area contributed by atoms with Crippen LogP contribution in [0, 0.1) is 0 Å². The Labute approximate surface area is 94.0 Å². The van der Waals surface area contributed by atoms with Crippen LogP contribution in [0.5, 0.6) is 0 Å². The third-order valence-electron chi connectivity index (χ3n) is 3.00. The molecular weight excluding hydrogens is 186 g/mol. The van der Waals surface area contributed by atoms with E-state index in [4.69, 9.17) is 0 Å².